The van der Waals surface area contributed by atoms with Gasteiger partial charge in [0, 0.05) is 13.0 Å². The van der Waals surface area contributed by atoms with Crippen molar-refractivity contribution in [2.45, 2.75) is 25.2 Å². The molecule has 1 aromatic rings. The molecule has 2 atom stereocenters. The van der Waals surface area contributed by atoms with Crippen LogP contribution in [-0.4, -0.2) is 36.3 Å². The molecule has 106 valence electrons. The topological polar surface area (TPSA) is 49.4 Å². The third kappa shape index (κ3) is 2.61. The fourth-order valence-electron chi connectivity index (χ4n) is 3.14. The molecular formula is C16H20N2O2. The number of carbonyl (C=O) groups excluding carboxylic acids is 2. The summed E-state index contributed by atoms with van der Waals surface area (Å²) in [5.41, 5.74) is 0.955. The van der Waals surface area contributed by atoms with Gasteiger partial charge in [-0.25, -0.2) is 0 Å². The average molecular weight is 272 g/mol. The van der Waals surface area contributed by atoms with E-state index in [1.54, 1.807) is 0 Å². The Morgan fingerprint density at radius 1 is 1.20 bits per heavy atom. The Morgan fingerprint density at radius 2 is 2.00 bits per heavy atom. The van der Waals surface area contributed by atoms with Crippen LogP contribution in [0.25, 0.3) is 0 Å². The highest BCUT2D eigenvalue weighted by atomic mass is 16.2. The molecule has 4 nitrogen and oxygen atoms in total. The molecule has 0 bridgehead atoms. The smallest absolute Gasteiger partial charge is 0.237 e. The van der Waals surface area contributed by atoms with Crippen molar-refractivity contribution in [1.29, 1.82) is 0 Å². The lowest BCUT2D eigenvalue weighted by Gasteiger charge is -2.17. The summed E-state index contributed by atoms with van der Waals surface area (Å²) in [4.78, 5) is 25.9. The van der Waals surface area contributed by atoms with Gasteiger partial charge in [0.2, 0.25) is 11.8 Å². The zero-order valence-electron chi connectivity index (χ0n) is 11.5. The van der Waals surface area contributed by atoms with Gasteiger partial charge in [0.15, 0.2) is 0 Å². The molecule has 2 fully saturated rings. The zero-order valence-corrected chi connectivity index (χ0v) is 11.5. The number of carbonyl (C=O) groups is 2. The van der Waals surface area contributed by atoms with E-state index in [-0.39, 0.29) is 17.7 Å². The van der Waals surface area contributed by atoms with Crippen molar-refractivity contribution in [3.63, 3.8) is 0 Å². The molecule has 2 aliphatic rings. The molecule has 20 heavy (non-hydrogen) atoms. The van der Waals surface area contributed by atoms with Crippen LogP contribution in [-0.2, 0) is 9.59 Å². The minimum Gasteiger partial charge on any atom is -0.316 e. The van der Waals surface area contributed by atoms with Gasteiger partial charge in [-0.15, -0.1) is 0 Å². The maximum absolute atomic E-state index is 12.4. The van der Waals surface area contributed by atoms with Crippen LogP contribution >= 0.6 is 0 Å². The SMILES string of the molecule is O=C1CC(c2ccccc2)C(=O)N1CCC1CCNC1. The molecule has 2 saturated heterocycles. The van der Waals surface area contributed by atoms with Crippen LogP contribution in [0, 0.1) is 5.92 Å². The van der Waals surface area contributed by atoms with E-state index >= 15 is 0 Å². The first-order chi connectivity index (χ1) is 9.75. The second-order valence-corrected chi connectivity index (χ2v) is 5.70. The number of nitrogens with zero attached hydrogens (tertiary/aromatic N) is 1. The standard InChI is InChI=1S/C16H20N2O2/c19-15-10-14(13-4-2-1-3-5-13)16(20)18(15)9-7-12-6-8-17-11-12/h1-5,12,14,17H,6-11H2. The van der Waals surface area contributed by atoms with Gasteiger partial charge < -0.3 is 5.32 Å². The second-order valence-electron chi connectivity index (χ2n) is 5.70. The molecule has 0 aliphatic carbocycles. The Kier molecular flexibility index (Phi) is 3.83. The van der Waals surface area contributed by atoms with Crippen molar-refractivity contribution in [2.24, 2.45) is 5.92 Å². The Bertz CT molecular complexity index is 494. The predicted octanol–water partition coefficient (Wildman–Crippen LogP) is 1.53. The van der Waals surface area contributed by atoms with Crippen LogP contribution in [0.5, 0.6) is 0 Å². The van der Waals surface area contributed by atoms with Gasteiger partial charge in [0.05, 0.1) is 5.92 Å². The minimum absolute atomic E-state index is 0.0187. The number of likely N-dealkylation sites (tertiary alicyclic amines) is 1. The molecule has 2 amide bonds. The van der Waals surface area contributed by atoms with E-state index in [4.69, 9.17) is 0 Å². The highest BCUT2D eigenvalue weighted by molar-refractivity contribution is 6.06. The molecule has 0 spiro atoms. The third-order valence-corrected chi connectivity index (χ3v) is 4.37. The summed E-state index contributed by atoms with van der Waals surface area (Å²) in [6, 6.07) is 9.62. The minimum atomic E-state index is -0.273. The van der Waals surface area contributed by atoms with Gasteiger partial charge in [0.1, 0.15) is 0 Å². The molecule has 3 rings (SSSR count). The summed E-state index contributed by atoms with van der Waals surface area (Å²) >= 11 is 0. The number of hydrogen-bond acceptors (Lipinski definition) is 3. The van der Waals surface area contributed by atoms with E-state index in [1.165, 1.54) is 4.90 Å². The van der Waals surface area contributed by atoms with Gasteiger partial charge >= 0.3 is 0 Å². The van der Waals surface area contributed by atoms with E-state index in [0.717, 1.165) is 31.5 Å². The predicted molar refractivity (Wildman–Crippen MR) is 76.1 cm³/mol. The van der Waals surface area contributed by atoms with Crippen LogP contribution in [0.4, 0.5) is 0 Å². The maximum Gasteiger partial charge on any atom is 0.237 e. The summed E-state index contributed by atoms with van der Waals surface area (Å²) in [5.74, 6) is 0.291. The number of nitrogens with one attached hydrogen (secondary N) is 1. The van der Waals surface area contributed by atoms with Gasteiger partial charge in [-0.1, -0.05) is 30.3 Å². The number of benzene rings is 1. The lowest BCUT2D eigenvalue weighted by molar-refractivity contribution is -0.138. The van der Waals surface area contributed by atoms with E-state index in [1.807, 2.05) is 30.3 Å². The lowest BCUT2D eigenvalue weighted by Crippen LogP contribution is -2.32. The van der Waals surface area contributed by atoms with E-state index < -0.39 is 0 Å². The third-order valence-electron chi connectivity index (χ3n) is 4.37. The monoisotopic (exact) mass is 272 g/mol. The fourth-order valence-corrected chi connectivity index (χ4v) is 3.14. The summed E-state index contributed by atoms with van der Waals surface area (Å²) < 4.78 is 0. The number of amides is 2. The number of rotatable bonds is 4. The summed E-state index contributed by atoms with van der Waals surface area (Å²) in [6.07, 6.45) is 2.40. The van der Waals surface area contributed by atoms with Crippen molar-refractivity contribution >= 4 is 11.8 Å². The first-order valence-corrected chi connectivity index (χ1v) is 7.35. The molecular weight excluding hydrogens is 252 g/mol. The van der Waals surface area contributed by atoms with Crippen LogP contribution in [0.3, 0.4) is 0 Å². The largest absolute Gasteiger partial charge is 0.316 e. The first-order valence-electron chi connectivity index (χ1n) is 7.35. The Labute approximate surface area is 119 Å². The van der Waals surface area contributed by atoms with Crippen molar-refractivity contribution in [1.82, 2.24) is 10.2 Å². The molecule has 4 heteroatoms. The molecule has 0 aromatic heterocycles. The van der Waals surface area contributed by atoms with Crippen LogP contribution in [0.15, 0.2) is 30.3 Å². The molecule has 0 saturated carbocycles. The molecule has 2 unspecified atom stereocenters. The van der Waals surface area contributed by atoms with Crippen LogP contribution < -0.4 is 5.32 Å². The Balaban J connectivity index is 1.64. The van der Waals surface area contributed by atoms with Gasteiger partial charge in [-0.3, -0.25) is 14.5 Å². The molecule has 1 N–H and O–H groups in total. The molecule has 2 heterocycles. The van der Waals surface area contributed by atoms with E-state index in [2.05, 4.69) is 5.32 Å². The highest BCUT2D eigenvalue weighted by Crippen LogP contribution is 2.30. The summed E-state index contributed by atoms with van der Waals surface area (Å²) in [6.45, 7) is 2.64. The lowest BCUT2D eigenvalue weighted by atomic mass is 9.98. The molecule has 1 aromatic carbocycles. The van der Waals surface area contributed by atoms with Crippen molar-refractivity contribution in [3.8, 4) is 0 Å². The summed E-state index contributed by atoms with van der Waals surface area (Å²) in [7, 11) is 0. The summed E-state index contributed by atoms with van der Waals surface area (Å²) in [5, 5.41) is 3.32. The van der Waals surface area contributed by atoms with E-state index in [0.29, 0.717) is 18.9 Å². The Hall–Kier alpha value is -1.68. The van der Waals surface area contributed by atoms with Gasteiger partial charge in [-0.2, -0.15) is 0 Å². The van der Waals surface area contributed by atoms with Crippen molar-refractivity contribution < 1.29 is 9.59 Å². The fraction of sp³-hybridized carbons (Fsp3) is 0.500. The van der Waals surface area contributed by atoms with Crippen molar-refractivity contribution in [3.05, 3.63) is 35.9 Å². The number of hydrogen-bond donors (Lipinski definition) is 1. The highest BCUT2D eigenvalue weighted by Gasteiger charge is 2.39. The van der Waals surface area contributed by atoms with Crippen LogP contribution in [0.2, 0.25) is 0 Å². The quantitative estimate of drug-likeness (QED) is 0.846. The Morgan fingerprint density at radius 3 is 2.70 bits per heavy atom. The zero-order chi connectivity index (χ0) is 13.9. The molecule has 0 radical (unpaired) electrons. The first kappa shape index (κ1) is 13.3. The van der Waals surface area contributed by atoms with Gasteiger partial charge in [0.25, 0.3) is 0 Å². The average Bonchev–Trinajstić information content (AvgIpc) is 3.07. The number of imide groups is 1. The van der Waals surface area contributed by atoms with E-state index in [9.17, 15) is 9.59 Å². The second kappa shape index (κ2) is 5.75. The van der Waals surface area contributed by atoms with Crippen molar-refractivity contribution in [2.75, 3.05) is 19.6 Å². The normalized spacial score (nSPS) is 26.5. The van der Waals surface area contributed by atoms with Gasteiger partial charge in [-0.05, 0) is 37.4 Å². The van der Waals surface area contributed by atoms with Crippen LogP contribution in [0.1, 0.15) is 30.7 Å². The molecule has 2 aliphatic heterocycles. The maximum atomic E-state index is 12.4.